The molecule has 1 unspecified atom stereocenters. The summed E-state index contributed by atoms with van der Waals surface area (Å²) in [5.41, 5.74) is -0.702. The van der Waals surface area contributed by atoms with Crippen LogP contribution in [-0.4, -0.2) is 24.2 Å². The van der Waals surface area contributed by atoms with E-state index in [9.17, 15) is 18.3 Å². The number of rotatable bonds is 4. The van der Waals surface area contributed by atoms with Gasteiger partial charge in [0.15, 0.2) is 0 Å². The second-order valence-corrected chi connectivity index (χ2v) is 4.61. The molecule has 1 aliphatic rings. The van der Waals surface area contributed by atoms with Gasteiger partial charge in [0.2, 0.25) is 0 Å². The van der Waals surface area contributed by atoms with Crippen molar-refractivity contribution in [1.29, 1.82) is 0 Å². The van der Waals surface area contributed by atoms with Crippen LogP contribution in [0, 0.1) is 0 Å². The zero-order chi connectivity index (χ0) is 14.1. The molecule has 19 heavy (non-hydrogen) atoms. The van der Waals surface area contributed by atoms with Crippen molar-refractivity contribution in [3.05, 3.63) is 29.8 Å². The Morgan fingerprint density at radius 2 is 1.89 bits per heavy atom. The Balaban J connectivity index is 2.29. The normalized spacial score (nSPS) is 19.6. The largest absolute Gasteiger partial charge is 0.573 e. The van der Waals surface area contributed by atoms with Crippen molar-refractivity contribution >= 4 is 0 Å². The molecular weight excluding hydrogens is 261 g/mol. The maximum absolute atomic E-state index is 12.3. The maximum Gasteiger partial charge on any atom is 0.573 e. The van der Waals surface area contributed by atoms with E-state index < -0.39 is 18.1 Å². The first-order chi connectivity index (χ1) is 8.88. The van der Waals surface area contributed by atoms with Crippen LogP contribution in [0.25, 0.3) is 0 Å². The summed E-state index contributed by atoms with van der Waals surface area (Å²) in [6, 6.07) is 5.60. The molecule has 0 amide bonds. The van der Waals surface area contributed by atoms with Gasteiger partial charge in [-0.05, 0) is 25.3 Å². The third-order valence-electron chi connectivity index (χ3n) is 3.54. The lowest BCUT2D eigenvalue weighted by Gasteiger charge is -2.44. The first-order valence-electron chi connectivity index (χ1n) is 5.96. The van der Waals surface area contributed by atoms with Gasteiger partial charge in [-0.2, -0.15) is 0 Å². The number of methoxy groups -OCH3 is 1. The molecular formula is C13H15F3O3. The highest BCUT2D eigenvalue weighted by atomic mass is 19.4. The lowest BCUT2D eigenvalue weighted by atomic mass is 9.73. The zero-order valence-corrected chi connectivity index (χ0v) is 10.4. The van der Waals surface area contributed by atoms with Gasteiger partial charge in [-0.25, -0.2) is 0 Å². The minimum Gasteiger partial charge on any atom is -0.405 e. The summed E-state index contributed by atoms with van der Waals surface area (Å²) in [4.78, 5) is 0. The summed E-state index contributed by atoms with van der Waals surface area (Å²) < 4.78 is 46.2. The molecule has 1 aromatic rings. The molecule has 1 fully saturated rings. The number of para-hydroxylation sites is 1. The van der Waals surface area contributed by atoms with Crippen LogP contribution in [0.2, 0.25) is 0 Å². The van der Waals surface area contributed by atoms with E-state index in [2.05, 4.69) is 4.74 Å². The van der Waals surface area contributed by atoms with Crippen molar-refractivity contribution in [2.75, 3.05) is 7.11 Å². The van der Waals surface area contributed by atoms with Crippen molar-refractivity contribution < 1.29 is 27.8 Å². The summed E-state index contributed by atoms with van der Waals surface area (Å²) in [5, 5.41) is 10.3. The summed E-state index contributed by atoms with van der Waals surface area (Å²) in [6.07, 6.45) is -3.80. The van der Waals surface area contributed by atoms with E-state index in [-0.39, 0.29) is 11.3 Å². The average Bonchev–Trinajstić information content (AvgIpc) is 2.26. The Morgan fingerprint density at radius 3 is 2.37 bits per heavy atom. The van der Waals surface area contributed by atoms with E-state index in [0.29, 0.717) is 12.8 Å². The van der Waals surface area contributed by atoms with Gasteiger partial charge in [-0.1, -0.05) is 18.2 Å². The van der Waals surface area contributed by atoms with Crippen LogP contribution in [0.1, 0.15) is 30.9 Å². The van der Waals surface area contributed by atoms with Gasteiger partial charge in [0.1, 0.15) is 11.9 Å². The lowest BCUT2D eigenvalue weighted by molar-refractivity contribution is -0.275. The SMILES string of the molecule is COC1(C(O)c2ccccc2OC(F)(F)F)CCC1. The van der Waals surface area contributed by atoms with Crippen molar-refractivity contribution in [1.82, 2.24) is 0 Å². The molecule has 0 heterocycles. The van der Waals surface area contributed by atoms with Crippen molar-refractivity contribution in [2.45, 2.75) is 37.3 Å². The van der Waals surface area contributed by atoms with Gasteiger partial charge in [0, 0.05) is 12.7 Å². The van der Waals surface area contributed by atoms with Gasteiger partial charge in [-0.3, -0.25) is 0 Å². The number of halogens is 3. The molecule has 1 aliphatic carbocycles. The molecule has 3 nitrogen and oxygen atoms in total. The number of ether oxygens (including phenoxy) is 2. The van der Waals surface area contributed by atoms with Crippen LogP contribution in [0.4, 0.5) is 13.2 Å². The summed E-state index contributed by atoms with van der Waals surface area (Å²) in [6.45, 7) is 0. The van der Waals surface area contributed by atoms with E-state index in [4.69, 9.17) is 4.74 Å². The van der Waals surface area contributed by atoms with Crippen LogP contribution < -0.4 is 4.74 Å². The van der Waals surface area contributed by atoms with Gasteiger partial charge in [-0.15, -0.1) is 13.2 Å². The Kier molecular flexibility index (Phi) is 3.73. The van der Waals surface area contributed by atoms with E-state index >= 15 is 0 Å². The average molecular weight is 276 g/mol. The second kappa shape index (κ2) is 5.02. The fourth-order valence-corrected chi connectivity index (χ4v) is 2.32. The molecule has 106 valence electrons. The molecule has 1 saturated carbocycles. The second-order valence-electron chi connectivity index (χ2n) is 4.61. The van der Waals surface area contributed by atoms with Crippen molar-refractivity contribution in [2.24, 2.45) is 0 Å². The van der Waals surface area contributed by atoms with Crippen LogP contribution >= 0.6 is 0 Å². The Bertz CT molecular complexity index is 435. The third kappa shape index (κ3) is 2.84. The first kappa shape index (κ1) is 14.1. The number of hydrogen-bond donors (Lipinski definition) is 1. The number of alkyl halides is 3. The topological polar surface area (TPSA) is 38.7 Å². The third-order valence-corrected chi connectivity index (χ3v) is 3.54. The van der Waals surface area contributed by atoms with E-state index in [1.165, 1.54) is 25.3 Å². The van der Waals surface area contributed by atoms with Gasteiger partial charge in [0.05, 0.1) is 5.60 Å². The Morgan fingerprint density at radius 1 is 1.26 bits per heavy atom. The maximum atomic E-state index is 12.3. The number of benzene rings is 1. The molecule has 0 aromatic heterocycles. The van der Waals surface area contributed by atoms with Gasteiger partial charge < -0.3 is 14.6 Å². The fraction of sp³-hybridized carbons (Fsp3) is 0.538. The van der Waals surface area contributed by atoms with Crippen LogP contribution in [0.15, 0.2) is 24.3 Å². The number of aliphatic hydroxyl groups excluding tert-OH is 1. The first-order valence-corrected chi connectivity index (χ1v) is 5.96. The van der Waals surface area contributed by atoms with Gasteiger partial charge >= 0.3 is 6.36 Å². The van der Waals surface area contributed by atoms with E-state index in [0.717, 1.165) is 6.42 Å². The van der Waals surface area contributed by atoms with Crippen LogP contribution in [0.5, 0.6) is 5.75 Å². The minimum atomic E-state index is -4.78. The quantitative estimate of drug-likeness (QED) is 0.918. The molecule has 0 bridgehead atoms. The van der Waals surface area contributed by atoms with E-state index in [1.54, 1.807) is 6.07 Å². The predicted molar refractivity (Wildman–Crippen MR) is 61.7 cm³/mol. The van der Waals surface area contributed by atoms with Gasteiger partial charge in [0.25, 0.3) is 0 Å². The minimum absolute atomic E-state index is 0.0985. The number of aliphatic hydroxyl groups is 1. The molecule has 6 heteroatoms. The van der Waals surface area contributed by atoms with Crippen molar-refractivity contribution in [3.63, 3.8) is 0 Å². The molecule has 0 radical (unpaired) electrons. The summed E-state index contributed by atoms with van der Waals surface area (Å²) in [5.74, 6) is -0.383. The Labute approximate surface area is 108 Å². The molecule has 1 N–H and O–H groups in total. The summed E-state index contributed by atoms with van der Waals surface area (Å²) >= 11 is 0. The smallest absolute Gasteiger partial charge is 0.405 e. The summed E-state index contributed by atoms with van der Waals surface area (Å²) in [7, 11) is 1.45. The van der Waals surface area contributed by atoms with Crippen LogP contribution in [-0.2, 0) is 4.74 Å². The molecule has 0 spiro atoms. The monoisotopic (exact) mass is 276 g/mol. The lowest BCUT2D eigenvalue weighted by Crippen LogP contribution is -2.45. The van der Waals surface area contributed by atoms with E-state index in [1.807, 2.05) is 0 Å². The van der Waals surface area contributed by atoms with Crippen molar-refractivity contribution in [3.8, 4) is 5.75 Å². The number of hydrogen-bond acceptors (Lipinski definition) is 3. The molecule has 2 rings (SSSR count). The Hall–Kier alpha value is -1.27. The standard InChI is InChI=1S/C13H15F3O3/c1-18-12(7-4-8-12)11(17)9-5-2-3-6-10(9)19-13(14,15)16/h2-3,5-6,11,17H,4,7-8H2,1H3. The van der Waals surface area contributed by atoms with Crippen LogP contribution in [0.3, 0.4) is 0 Å². The highest BCUT2D eigenvalue weighted by Crippen LogP contribution is 2.47. The highest BCUT2D eigenvalue weighted by molar-refractivity contribution is 5.37. The molecule has 0 saturated heterocycles. The zero-order valence-electron chi connectivity index (χ0n) is 10.4. The molecule has 0 aliphatic heterocycles. The highest BCUT2D eigenvalue weighted by Gasteiger charge is 2.46. The molecule has 1 atom stereocenters. The fourth-order valence-electron chi connectivity index (χ4n) is 2.32. The predicted octanol–water partition coefficient (Wildman–Crippen LogP) is 3.19. The molecule has 1 aromatic carbocycles.